The second kappa shape index (κ2) is 7.40. The number of hydrogen-bond donors (Lipinski definition) is 2. The zero-order chi connectivity index (χ0) is 28.0. The molecule has 6 fully saturated rings. The lowest BCUT2D eigenvalue weighted by Gasteiger charge is -2.83. The van der Waals surface area contributed by atoms with E-state index in [1.807, 2.05) is 41.2 Å². The minimum Gasteiger partial charge on any atom is -0.387 e. The molecule has 40 heavy (non-hydrogen) atoms. The van der Waals surface area contributed by atoms with Crippen LogP contribution in [0.5, 0.6) is 0 Å². The minimum atomic E-state index is -1.63. The van der Waals surface area contributed by atoms with Gasteiger partial charge in [0.2, 0.25) is 5.79 Å². The van der Waals surface area contributed by atoms with Gasteiger partial charge in [-0.2, -0.15) is 0 Å². The number of hydrogen-bond acceptors (Lipinski definition) is 7. The molecule has 10 atom stereocenters. The number of fused-ring (bicyclic) bond motifs is 1. The molecule has 2 saturated heterocycles. The van der Waals surface area contributed by atoms with Crippen LogP contribution >= 0.6 is 0 Å². The highest BCUT2D eigenvalue weighted by molar-refractivity contribution is 6.01. The van der Waals surface area contributed by atoms with E-state index in [-0.39, 0.29) is 48.0 Å². The lowest BCUT2D eigenvalue weighted by molar-refractivity contribution is -0.501. The maximum atomic E-state index is 14.4. The molecule has 2 spiro atoms. The van der Waals surface area contributed by atoms with E-state index >= 15 is 0 Å². The summed E-state index contributed by atoms with van der Waals surface area (Å²) in [5.41, 5.74) is 0.640. The van der Waals surface area contributed by atoms with Crippen molar-refractivity contribution in [1.82, 2.24) is 15.0 Å². The summed E-state index contributed by atoms with van der Waals surface area (Å²) in [7, 11) is 0. The molecule has 0 amide bonds. The summed E-state index contributed by atoms with van der Waals surface area (Å²) >= 11 is 0. The maximum Gasteiger partial charge on any atom is 0.211 e. The van der Waals surface area contributed by atoms with E-state index < -0.39 is 33.9 Å². The monoisotopic (exact) mass is 543 g/mol. The highest BCUT2D eigenvalue weighted by Crippen LogP contribution is 2.85. The van der Waals surface area contributed by atoms with Crippen LogP contribution in [-0.4, -0.2) is 55.3 Å². The Bertz CT molecular complexity index is 1470. The second-order valence-corrected chi connectivity index (χ2v) is 14.2. The average molecular weight is 544 g/mol. The second-order valence-electron chi connectivity index (χ2n) is 14.2. The molecule has 2 unspecified atom stereocenters. The Labute approximate surface area is 234 Å². The number of nitrogens with zero attached hydrogens (tertiary/aromatic N) is 3. The molecule has 2 aromatic rings. The number of carbonyl (C=O) groups excluding carboxylic acids is 1. The molecule has 2 N–H and O–H groups in total. The van der Waals surface area contributed by atoms with Crippen LogP contribution in [0, 0.1) is 45.8 Å². The Morgan fingerprint density at radius 3 is 2.67 bits per heavy atom. The highest BCUT2D eigenvalue weighted by atomic mass is 16.8. The molecule has 1 aromatic heterocycles. The summed E-state index contributed by atoms with van der Waals surface area (Å²) in [6, 6.07) is 9.68. The minimum absolute atomic E-state index is 0.00771. The number of aliphatic hydroxyl groups is 2. The van der Waals surface area contributed by atoms with Gasteiger partial charge in [0.15, 0.2) is 11.6 Å². The summed E-state index contributed by atoms with van der Waals surface area (Å²) in [6.45, 7) is 11.9. The van der Waals surface area contributed by atoms with Crippen molar-refractivity contribution < 1.29 is 24.5 Å². The van der Waals surface area contributed by atoms with Crippen LogP contribution in [0.25, 0.3) is 11.3 Å². The van der Waals surface area contributed by atoms with Gasteiger partial charge < -0.3 is 19.7 Å². The first-order valence-corrected chi connectivity index (χ1v) is 14.5. The highest BCUT2D eigenvalue weighted by Gasteiger charge is 2.92. The number of Topliss-reactive ketones (excluding diaryl/α,β-unsaturated/α-hetero) is 1. The number of aliphatic hydroxyl groups excluding tert-OH is 1. The Morgan fingerprint density at radius 2 is 1.95 bits per heavy atom. The molecule has 8 nitrogen and oxygen atoms in total. The SMILES string of the molecule is C=C1C2C(=O)[C@@]34C(CC[C@@H]1[C@@H]23)[C@@]12CO[C@]4(OC(C)(C)O)[C@@H](O)[C@@H]1C(C)(C)C=C[C@@H]2n1cc(-c2ccccc2)nn1. The molecule has 0 radical (unpaired) electrons. The Balaban J connectivity index is 1.34. The molecule has 210 valence electrons. The quantitative estimate of drug-likeness (QED) is 0.445. The molecular weight excluding hydrogens is 506 g/mol. The van der Waals surface area contributed by atoms with E-state index in [1.165, 1.54) is 0 Å². The lowest BCUT2D eigenvalue weighted by atomic mass is 9.23. The van der Waals surface area contributed by atoms with Crippen molar-refractivity contribution in [3.05, 3.63) is 60.8 Å². The van der Waals surface area contributed by atoms with Crippen LogP contribution < -0.4 is 0 Å². The van der Waals surface area contributed by atoms with Gasteiger partial charge in [-0.1, -0.05) is 73.7 Å². The van der Waals surface area contributed by atoms with Crippen molar-refractivity contribution in [2.24, 2.45) is 45.8 Å². The molecule has 2 bridgehead atoms. The van der Waals surface area contributed by atoms with E-state index in [4.69, 9.17) is 9.47 Å². The van der Waals surface area contributed by atoms with E-state index in [1.54, 1.807) is 13.8 Å². The van der Waals surface area contributed by atoms with Gasteiger partial charge in [0.1, 0.15) is 11.8 Å². The third-order valence-electron chi connectivity index (χ3n) is 11.6. The van der Waals surface area contributed by atoms with Crippen molar-refractivity contribution >= 4 is 5.78 Å². The fraction of sp³-hybridized carbons (Fsp3) is 0.594. The summed E-state index contributed by atoms with van der Waals surface area (Å²) in [4.78, 5) is 14.4. The van der Waals surface area contributed by atoms with Crippen LogP contribution in [0.15, 0.2) is 60.8 Å². The van der Waals surface area contributed by atoms with E-state index in [0.29, 0.717) is 0 Å². The largest absolute Gasteiger partial charge is 0.387 e. The molecular formula is C32H37N3O5. The first-order chi connectivity index (χ1) is 18.9. The van der Waals surface area contributed by atoms with E-state index in [2.05, 4.69) is 42.9 Å². The van der Waals surface area contributed by atoms with Gasteiger partial charge in [-0.05, 0) is 49.9 Å². The number of ketones is 1. The van der Waals surface area contributed by atoms with Gasteiger partial charge in [0, 0.05) is 22.8 Å². The van der Waals surface area contributed by atoms with Gasteiger partial charge in [0.25, 0.3) is 0 Å². The Kier molecular flexibility index (Phi) is 4.64. The van der Waals surface area contributed by atoms with Gasteiger partial charge in [-0.3, -0.25) is 4.79 Å². The molecule has 7 aliphatic rings. The fourth-order valence-electron chi connectivity index (χ4n) is 10.6. The van der Waals surface area contributed by atoms with Crippen LogP contribution in [0.4, 0.5) is 0 Å². The smallest absolute Gasteiger partial charge is 0.211 e. The molecule has 8 heteroatoms. The summed E-state index contributed by atoms with van der Waals surface area (Å²) in [5.74, 6) is -3.65. The van der Waals surface area contributed by atoms with Crippen LogP contribution in [-0.2, 0) is 14.3 Å². The summed E-state index contributed by atoms with van der Waals surface area (Å²) in [6.07, 6.45) is 6.93. The lowest BCUT2D eigenvalue weighted by Crippen LogP contribution is -2.92. The topological polar surface area (TPSA) is 107 Å². The fourth-order valence-corrected chi connectivity index (χ4v) is 10.6. The Morgan fingerprint density at radius 1 is 1.20 bits per heavy atom. The number of allylic oxidation sites excluding steroid dienone is 3. The molecule has 2 aliphatic heterocycles. The third-order valence-corrected chi connectivity index (χ3v) is 11.6. The zero-order valence-electron chi connectivity index (χ0n) is 23.4. The van der Waals surface area contributed by atoms with Crippen molar-refractivity contribution in [3.8, 4) is 11.3 Å². The van der Waals surface area contributed by atoms with Crippen molar-refractivity contribution in [2.45, 2.75) is 64.3 Å². The van der Waals surface area contributed by atoms with Crippen LogP contribution in [0.3, 0.4) is 0 Å². The molecule has 4 saturated carbocycles. The zero-order valence-corrected chi connectivity index (χ0v) is 23.4. The predicted octanol–water partition coefficient (Wildman–Crippen LogP) is 3.93. The average Bonchev–Trinajstić information content (AvgIpc) is 3.37. The Hall–Kier alpha value is -2.65. The van der Waals surface area contributed by atoms with E-state index in [0.717, 1.165) is 29.7 Å². The standard InChI is InChI=1S/C32H37N3O5/c1-17-19-11-12-21-30-16-39-32(40-29(4,5)38,31(21)24(19)23(17)26(31)36)27(37)25(30)28(2,3)14-13-22(30)35-15-20(33-34-35)18-9-7-6-8-10-18/h6-10,13-15,19,21-25,27,37-38H,1,11-12,16H2,2-5H3/t19-,21?,22-,23?,24-,25+,27-,30+,31+,32-/m0/s1. The van der Waals surface area contributed by atoms with Gasteiger partial charge in [-0.25, -0.2) is 4.68 Å². The predicted molar refractivity (Wildman–Crippen MR) is 145 cm³/mol. The van der Waals surface area contributed by atoms with Gasteiger partial charge >= 0.3 is 0 Å². The molecule has 3 heterocycles. The van der Waals surface area contributed by atoms with E-state index in [9.17, 15) is 15.0 Å². The van der Waals surface area contributed by atoms with Crippen molar-refractivity contribution in [1.29, 1.82) is 0 Å². The number of aromatic nitrogens is 3. The van der Waals surface area contributed by atoms with Gasteiger partial charge in [-0.15, -0.1) is 5.10 Å². The molecule has 1 aromatic carbocycles. The molecule has 5 aliphatic carbocycles. The number of ether oxygens (including phenoxy) is 2. The number of rotatable bonds is 4. The number of benzene rings is 1. The summed E-state index contributed by atoms with van der Waals surface area (Å²) < 4.78 is 15.1. The maximum absolute atomic E-state index is 14.4. The van der Waals surface area contributed by atoms with Crippen LogP contribution in [0.2, 0.25) is 0 Å². The van der Waals surface area contributed by atoms with Crippen LogP contribution in [0.1, 0.15) is 46.6 Å². The molecule has 9 rings (SSSR count). The third kappa shape index (κ3) is 2.57. The first kappa shape index (κ1) is 25.1. The number of carbonyl (C=O) groups is 1. The van der Waals surface area contributed by atoms with Gasteiger partial charge in [0.05, 0.1) is 24.3 Å². The first-order valence-electron chi connectivity index (χ1n) is 14.5. The normalized spacial score (nSPS) is 45.7. The van der Waals surface area contributed by atoms with Crippen molar-refractivity contribution in [2.75, 3.05) is 6.61 Å². The summed E-state index contributed by atoms with van der Waals surface area (Å²) in [5, 5.41) is 32.7. The van der Waals surface area contributed by atoms with Crippen molar-refractivity contribution in [3.63, 3.8) is 0 Å².